The van der Waals surface area contributed by atoms with Crippen molar-refractivity contribution in [1.82, 2.24) is 10.2 Å². The molecular weight excluding hydrogens is 258 g/mol. The van der Waals surface area contributed by atoms with E-state index in [1.54, 1.807) is 6.07 Å². The summed E-state index contributed by atoms with van der Waals surface area (Å²) in [6, 6.07) is 11.3. The predicted octanol–water partition coefficient (Wildman–Crippen LogP) is 2.43. The first-order valence-electron chi connectivity index (χ1n) is 6.14. The third-order valence-corrected chi connectivity index (χ3v) is 2.83. The molecule has 0 saturated carbocycles. The van der Waals surface area contributed by atoms with Crippen LogP contribution >= 0.6 is 0 Å². The second-order valence-electron chi connectivity index (χ2n) is 4.20. The van der Waals surface area contributed by atoms with Gasteiger partial charge in [-0.2, -0.15) is 0 Å². The van der Waals surface area contributed by atoms with Gasteiger partial charge < -0.3 is 19.3 Å². The maximum Gasteiger partial charge on any atom is 0.247 e. The molecule has 3 aromatic rings. The summed E-state index contributed by atoms with van der Waals surface area (Å²) >= 11 is 0. The lowest BCUT2D eigenvalue weighted by Crippen LogP contribution is -1.97. The molecule has 1 aromatic carbocycles. The summed E-state index contributed by atoms with van der Waals surface area (Å²) in [6.07, 6.45) is 1.30. The van der Waals surface area contributed by atoms with Crippen molar-refractivity contribution in [2.24, 2.45) is 0 Å². The SMILES string of the molecule is OCc1ccc(CNc2ccc(-c3nnco3)cc2)o1. The van der Waals surface area contributed by atoms with Crippen LogP contribution in [0.15, 0.2) is 51.6 Å². The Labute approximate surface area is 115 Å². The van der Waals surface area contributed by atoms with E-state index in [2.05, 4.69) is 15.5 Å². The Balaban J connectivity index is 1.63. The van der Waals surface area contributed by atoms with Gasteiger partial charge in [-0.05, 0) is 36.4 Å². The lowest BCUT2D eigenvalue weighted by Gasteiger charge is -2.04. The normalized spacial score (nSPS) is 10.7. The van der Waals surface area contributed by atoms with Crippen LogP contribution in [0.5, 0.6) is 0 Å². The maximum atomic E-state index is 8.92. The first kappa shape index (κ1) is 12.4. The minimum absolute atomic E-state index is 0.0844. The van der Waals surface area contributed by atoms with Gasteiger partial charge in [-0.15, -0.1) is 10.2 Å². The highest BCUT2D eigenvalue weighted by molar-refractivity contribution is 5.58. The molecule has 0 saturated heterocycles. The van der Waals surface area contributed by atoms with Gasteiger partial charge >= 0.3 is 0 Å². The molecule has 2 N–H and O–H groups in total. The lowest BCUT2D eigenvalue weighted by atomic mass is 10.2. The van der Waals surface area contributed by atoms with E-state index < -0.39 is 0 Å². The fraction of sp³-hybridized carbons (Fsp3) is 0.143. The topological polar surface area (TPSA) is 84.3 Å². The van der Waals surface area contributed by atoms with Gasteiger partial charge in [0.15, 0.2) is 0 Å². The minimum Gasteiger partial charge on any atom is -0.462 e. The van der Waals surface area contributed by atoms with Gasteiger partial charge in [0.25, 0.3) is 0 Å². The van der Waals surface area contributed by atoms with Crippen LogP contribution in [0.1, 0.15) is 11.5 Å². The van der Waals surface area contributed by atoms with Gasteiger partial charge in [-0.1, -0.05) is 0 Å². The highest BCUT2D eigenvalue weighted by Crippen LogP contribution is 2.19. The molecule has 0 aliphatic heterocycles. The number of rotatable bonds is 5. The summed E-state index contributed by atoms with van der Waals surface area (Å²) in [5, 5.41) is 19.6. The molecule has 0 aliphatic rings. The number of nitrogens with zero attached hydrogens (tertiary/aromatic N) is 2. The summed E-state index contributed by atoms with van der Waals surface area (Å²) < 4.78 is 10.5. The van der Waals surface area contributed by atoms with E-state index in [1.165, 1.54) is 6.39 Å². The lowest BCUT2D eigenvalue weighted by molar-refractivity contribution is 0.244. The van der Waals surface area contributed by atoms with E-state index in [1.807, 2.05) is 30.3 Å². The standard InChI is InChI=1S/C14H13N3O3/c18-8-13-6-5-12(20-13)7-15-11-3-1-10(2-4-11)14-17-16-9-19-14/h1-6,9,15,18H,7-8H2. The molecule has 0 aliphatic carbocycles. The van der Waals surface area contributed by atoms with E-state index >= 15 is 0 Å². The number of nitrogens with one attached hydrogen (secondary N) is 1. The molecule has 6 nitrogen and oxygen atoms in total. The zero-order valence-corrected chi connectivity index (χ0v) is 10.6. The summed E-state index contributed by atoms with van der Waals surface area (Å²) in [6.45, 7) is 0.471. The van der Waals surface area contributed by atoms with Crippen molar-refractivity contribution in [2.75, 3.05) is 5.32 Å². The largest absolute Gasteiger partial charge is 0.462 e. The Bertz CT molecular complexity index is 659. The van der Waals surface area contributed by atoms with Crippen molar-refractivity contribution >= 4 is 5.69 Å². The summed E-state index contributed by atoms with van der Waals surface area (Å²) in [5.74, 6) is 1.83. The van der Waals surface area contributed by atoms with Crippen LogP contribution in [0.3, 0.4) is 0 Å². The number of hydrogen-bond donors (Lipinski definition) is 2. The number of furan rings is 1. The van der Waals surface area contributed by atoms with Crippen LogP contribution in [0.25, 0.3) is 11.5 Å². The predicted molar refractivity (Wildman–Crippen MR) is 71.7 cm³/mol. The zero-order chi connectivity index (χ0) is 13.8. The van der Waals surface area contributed by atoms with Gasteiger partial charge in [-0.25, -0.2) is 0 Å². The molecule has 102 valence electrons. The molecule has 2 heterocycles. The molecule has 0 bridgehead atoms. The van der Waals surface area contributed by atoms with Crippen LogP contribution in [-0.2, 0) is 13.2 Å². The maximum absolute atomic E-state index is 8.92. The Hall–Kier alpha value is -2.60. The monoisotopic (exact) mass is 271 g/mol. The third kappa shape index (κ3) is 2.70. The Morgan fingerprint density at radius 3 is 2.50 bits per heavy atom. The molecule has 0 spiro atoms. The highest BCUT2D eigenvalue weighted by Gasteiger charge is 2.04. The van der Waals surface area contributed by atoms with E-state index in [-0.39, 0.29) is 6.61 Å². The van der Waals surface area contributed by atoms with E-state index in [0.717, 1.165) is 17.0 Å². The van der Waals surface area contributed by atoms with Crippen LogP contribution in [0.2, 0.25) is 0 Å². The van der Waals surface area contributed by atoms with Crippen molar-refractivity contribution in [3.05, 3.63) is 54.3 Å². The summed E-state index contributed by atoms with van der Waals surface area (Å²) in [7, 11) is 0. The molecule has 0 unspecified atom stereocenters. The number of hydrogen-bond acceptors (Lipinski definition) is 6. The van der Waals surface area contributed by atoms with E-state index in [4.69, 9.17) is 13.9 Å². The van der Waals surface area contributed by atoms with Crippen LogP contribution < -0.4 is 5.32 Å². The Morgan fingerprint density at radius 1 is 1.05 bits per heavy atom. The minimum atomic E-state index is -0.0844. The fourth-order valence-electron chi connectivity index (χ4n) is 1.82. The fourth-order valence-corrected chi connectivity index (χ4v) is 1.82. The quantitative estimate of drug-likeness (QED) is 0.741. The van der Waals surface area contributed by atoms with Gasteiger partial charge in [0, 0.05) is 11.3 Å². The number of aromatic nitrogens is 2. The van der Waals surface area contributed by atoms with Crippen molar-refractivity contribution in [3.63, 3.8) is 0 Å². The zero-order valence-electron chi connectivity index (χ0n) is 10.6. The Morgan fingerprint density at radius 2 is 1.85 bits per heavy atom. The molecule has 0 fully saturated rings. The average molecular weight is 271 g/mol. The van der Waals surface area contributed by atoms with Crippen molar-refractivity contribution in [2.45, 2.75) is 13.2 Å². The van der Waals surface area contributed by atoms with Gasteiger partial charge in [0.2, 0.25) is 12.3 Å². The summed E-state index contributed by atoms with van der Waals surface area (Å²) in [5.41, 5.74) is 1.82. The third-order valence-electron chi connectivity index (χ3n) is 2.83. The molecule has 2 aromatic heterocycles. The number of aliphatic hydroxyl groups excluding tert-OH is 1. The molecule has 0 radical (unpaired) electrons. The molecule has 20 heavy (non-hydrogen) atoms. The van der Waals surface area contributed by atoms with Gasteiger partial charge in [0.05, 0.1) is 6.54 Å². The Kier molecular flexibility index (Phi) is 3.47. The molecular formula is C14H13N3O3. The second kappa shape index (κ2) is 5.58. The van der Waals surface area contributed by atoms with Crippen molar-refractivity contribution < 1.29 is 13.9 Å². The highest BCUT2D eigenvalue weighted by atomic mass is 16.4. The van der Waals surface area contributed by atoms with Crippen molar-refractivity contribution in [3.8, 4) is 11.5 Å². The second-order valence-corrected chi connectivity index (χ2v) is 4.20. The van der Waals surface area contributed by atoms with Crippen LogP contribution in [0, 0.1) is 0 Å². The van der Waals surface area contributed by atoms with E-state index in [0.29, 0.717) is 18.2 Å². The van der Waals surface area contributed by atoms with Crippen LogP contribution in [0.4, 0.5) is 5.69 Å². The van der Waals surface area contributed by atoms with Crippen LogP contribution in [-0.4, -0.2) is 15.3 Å². The molecule has 3 rings (SSSR count). The average Bonchev–Trinajstić information content (AvgIpc) is 3.17. The van der Waals surface area contributed by atoms with E-state index in [9.17, 15) is 0 Å². The summed E-state index contributed by atoms with van der Waals surface area (Å²) in [4.78, 5) is 0. The molecule has 0 atom stereocenters. The van der Waals surface area contributed by atoms with Crippen molar-refractivity contribution in [1.29, 1.82) is 0 Å². The first-order valence-corrected chi connectivity index (χ1v) is 6.14. The number of aliphatic hydroxyl groups is 1. The van der Waals surface area contributed by atoms with Gasteiger partial charge in [-0.3, -0.25) is 0 Å². The molecule has 0 amide bonds. The first-order chi connectivity index (χ1) is 9.85. The molecule has 6 heteroatoms. The van der Waals surface area contributed by atoms with Gasteiger partial charge in [0.1, 0.15) is 18.1 Å². The number of benzene rings is 1. The smallest absolute Gasteiger partial charge is 0.247 e. The number of anilines is 1.